The van der Waals surface area contributed by atoms with Gasteiger partial charge in [0, 0.05) is 39.3 Å². The SMILES string of the molecule is CCOC(=O)C(OCC)c1c(C)nc2sc3c(c2c1-c1ccc(C)cc1OC)C(C)CCC3. The first-order valence-electron chi connectivity index (χ1n) is 11.8. The van der Waals surface area contributed by atoms with Gasteiger partial charge in [-0.1, -0.05) is 19.1 Å². The maximum Gasteiger partial charge on any atom is 0.340 e. The minimum atomic E-state index is -0.845. The van der Waals surface area contributed by atoms with Gasteiger partial charge in [-0.05, 0) is 70.1 Å². The molecule has 6 heteroatoms. The molecule has 176 valence electrons. The topological polar surface area (TPSA) is 57.7 Å². The highest BCUT2D eigenvalue weighted by Gasteiger charge is 2.34. The minimum absolute atomic E-state index is 0.297. The predicted molar refractivity (Wildman–Crippen MR) is 133 cm³/mol. The van der Waals surface area contributed by atoms with Crippen molar-refractivity contribution in [2.24, 2.45) is 0 Å². The van der Waals surface area contributed by atoms with Gasteiger partial charge in [0.05, 0.1) is 13.7 Å². The summed E-state index contributed by atoms with van der Waals surface area (Å²) in [6.45, 7) is 10.7. The monoisotopic (exact) mass is 467 g/mol. The lowest BCUT2D eigenvalue weighted by molar-refractivity contribution is -0.157. The summed E-state index contributed by atoms with van der Waals surface area (Å²) in [7, 11) is 1.69. The van der Waals surface area contributed by atoms with Crippen molar-refractivity contribution in [2.45, 2.75) is 65.9 Å². The van der Waals surface area contributed by atoms with Crippen LogP contribution in [-0.2, 0) is 20.7 Å². The highest BCUT2D eigenvalue weighted by atomic mass is 32.1. The fourth-order valence-corrected chi connectivity index (χ4v) is 6.39. The van der Waals surface area contributed by atoms with E-state index < -0.39 is 6.10 Å². The van der Waals surface area contributed by atoms with E-state index in [0.717, 1.165) is 56.8 Å². The van der Waals surface area contributed by atoms with Crippen LogP contribution < -0.4 is 4.74 Å². The zero-order valence-corrected chi connectivity index (χ0v) is 21.2. The van der Waals surface area contributed by atoms with E-state index >= 15 is 0 Å². The highest BCUT2D eigenvalue weighted by molar-refractivity contribution is 7.19. The molecule has 0 saturated heterocycles. The summed E-state index contributed by atoms with van der Waals surface area (Å²) in [4.78, 5) is 20.5. The number of aryl methyl sites for hydroxylation is 3. The number of hydrogen-bond acceptors (Lipinski definition) is 6. The van der Waals surface area contributed by atoms with E-state index in [1.807, 2.05) is 26.8 Å². The number of nitrogens with zero attached hydrogens (tertiary/aromatic N) is 1. The van der Waals surface area contributed by atoms with Gasteiger partial charge in [-0.3, -0.25) is 0 Å². The molecule has 2 heterocycles. The zero-order chi connectivity index (χ0) is 23.7. The van der Waals surface area contributed by atoms with Crippen LogP contribution in [0.15, 0.2) is 18.2 Å². The molecule has 0 bridgehead atoms. The average molecular weight is 468 g/mol. The van der Waals surface area contributed by atoms with Crippen LogP contribution in [0.2, 0.25) is 0 Å². The Morgan fingerprint density at radius 3 is 2.73 bits per heavy atom. The number of methoxy groups -OCH3 is 1. The van der Waals surface area contributed by atoms with E-state index in [-0.39, 0.29) is 5.97 Å². The maximum absolute atomic E-state index is 13.1. The first kappa shape index (κ1) is 23.7. The Hall–Kier alpha value is -2.44. The molecule has 3 aromatic rings. The number of pyridine rings is 1. The number of fused-ring (bicyclic) bond motifs is 3. The van der Waals surface area contributed by atoms with E-state index in [2.05, 4.69) is 26.0 Å². The number of hydrogen-bond donors (Lipinski definition) is 0. The number of carbonyl (C=O) groups is 1. The summed E-state index contributed by atoms with van der Waals surface area (Å²) in [5.74, 6) is 0.835. The van der Waals surface area contributed by atoms with Crippen molar-refractivity contribution in [1.82, 2.24) is 4.98 Å². The first-order chi connectivity index (χ1) is 15.9. The second-order valence-corrected chi connectivity index (χ2v) is 9.77. The Labute approximate surface area is 200 Å². The number of carbonyl (C=O) groups excluding carboxylic acids is 1. The summed E-state index contributed by atoms with van der Waals surface area (Å²) in [6.07, 6.45) is 2.58. The Morgan fingerprint density at radius 1 is 1.24 bits per heavy atom. The smallest absolute Gasteiger partial charge is 0.340 e. The van der Waals surface area contributed by atoms with Gasteiger partial charge in [0.15, 0.2) is 6.10 Å². The van der Waals surface area contributed by atoms with Crippen molar-refractivity contribution < 1.29 is 19.0 Å². The van der Waals surface area contributed by atoms with Gasteiger partial charge in [0.25, 0.3) is 0 Å². The largest absolute Gasteiger partial charge is 0.496 e. The van der Waals surface area contributed by atoms with Gasteiger partial charge in [0.2, 0.25) is 0 Å². The van der Waals surface area contributed by atoms with Crippen molar-refractivity contribution >= 4 is 27.5 Å². The average Bonchev–Trinajstić information content (AvgIpc) is 3.16. The molecule has 1 aromatic carbocycles. The Morgan fingerprint density at radius 2 is 2.03 bits per heavy atom. The van der Waals surface area contributed by atoms with Crippen LogP contribution >= 0.6 is 11.3 Å². The van der Waals surface area contributed by atoms with Crippen LogP contribution in [-0.4, -0.2) is 31.3 Å². The fourth-order valence-electron chi connectivity index (χ4n) is 5.01. The molecule has 2 unspecified atom stereocenters. The Balaban J connectivity index is 2.14. The molecule has 0 aliphatic heterocycles. The number of rotatable bonds is 7. The highest BCUT2D eigenvalue weighted by Crippen LogP contribution is 2.50. The van der Waals surface area contributed by atoms with Crippen LogP contribution in [0.25, 0.3) is 21.3 Å². The molecule has 2 aromatic heterocycles. The number of aromatic nitrogens is 1. The van der Waals surface area contributed by atoms with Crippen molar-refractivity contribution in [3.05, 3.63) is 45.5 Å². The number of benzene rings is 1. The summed E-state index contributed by atoms with van der Waals surface area (Å²) < 4.78 is 17.3. The molecule has 1 aliphatic rings. The second kappa shape index (κ2) is 9.82. The predicted octanol–water partition coefficient (Wildman–Crippen LogP) is 6.67. The van der Waals surface area contributed by atoms with Crippen LogP contribution in [0.1, 0.15) is 72.9 Å². The van der Waals surface area contributed by atoms with Gasteiger partial charge in [-0.25, -0.2) is 9.78 Å². The fraction of sp³-hybridized carbons (Fsp3) is 0.481. The van der Waals surface area contributed by atoms with Gasteiger partial charge in [0.1, 0.15) is 10.6 Å². The lowest BCUT2D eigenvalue weighted by Crippen LogP contribution is -2.21. The lowest BCUT2D eigenvalue weighted by Gasteiger charge is -2.25. The molecule has 1 aliphatic carbocycles. The van der Waals surface area contributed by atoms with E-state index in [1.54, 1.807) is 18.4 Å². The van der Waals surface area contributed by atoms with Gasteiger partial charge in [-0.15, -0.1) is 11.3 Å². The molecule has 4 rings (SSSR count). The van der Waals surface area contributed by atoms with E-state index in [9.17, 15) is 4.79 Å². The van der Waals surface area contributed by atoms with Crippen molar-refractivity contribution in [3.8, 4) is 16.9 Å². The summed E-state index contributed by atoms with van der Waals surface area (Å²) in [5, 5.41) is 1.14. The van der Waals surface area contributed by atoms with Crippen LogP contribution in [0, 0.1) is 13.8 Å². The van der Waals surface area contributed by atoms with E-state index in [4.69, 9.17) is 19.2 Å². The summed E-state index contributed by atoms with van der Waals surface area (Å²) >= 11 is 1.79. The standard InChI is InChI=1S/C27H33NO4S/c1-7-31-25(27(29)32-8-2)22-17(5)28-26-24(21-16(4)10-9-11-20(21)33-26)23(22)18-13-12-15(3)14-19(18)30-6/h12-14,16,25H,7-11H2,1-6H3. The van der Waals surface area contributed by atoms with Gasteiger partial charge >= 0.3 is 5.97 Å². The van der Waals surface area contributed by atoms with Crippen molar-refractivity contribution in [1.29, 1.82) is 0 Å². The van der Waals surface area contributed by atoms with Crippen molar-refractivity contribution in [2.75, 3.05) is 20.3 Å². The number of thiophene rings is 1. The maximum atomic E-state index is 13.1. The summed E-state index contributed by atoms with van der Waals surface area (Å²) in [5.41, 5.74) is 6.01. The van der Waals surface area contributed by atoms with Crippen molar-refractivity contribution in [3.63, 3.8) is 0 Å². The third-order valence-corrected chi connectivity index (χ3v) is 7.60. The molecule has 5 nitrogen and oxygen atoms in total. The molecule has 0 saturated carbocycles. The first-order valence-corrected chi connectivity index (χ1v) is 12.6. The van der Waals surface area contributed by atoms with Crippen LogP contribution in [0.3, 0.4) is 0 Å². The molecule has 33 heavy (non-hydrogen) atoms. The Bertz CT molecular complexity index is 1180. The minimum Gasteiger partial charge on any atom is -0.496 e. The summed E-state index contributed by atoms with van der Waals surface area (Å²) in [6, 6.07) is 6.23. The van der Waals surface area contributed by atoms with Crippen LogP contribution in [0.4, 0.5) is 0 Å². The van der Waals surface area contributed by atoms with Gasteiger partial charge in [-0.2, -0.15) is 0 Å². The molecule has 0 radical (unpaired) electrons. The molecular weight excluding hydrogens is 434 g/mol. The zero-order valence-electron chi connectivity index (χ0n) is 20.4. The van der Waals surface area contributed by atoms with Gasteiger partial charge < -0.3 is 14.2 Å². The molecule has 0 amide bonds. The quantitative estimate of drug-likeness (QED) is 0.363. The number of esters is 1. The molecular formula is C27H33NO4S. The normalized spacial score (nSPS) is 16.5. The Kier molecular flexibility index (Phi) is 7.05. The number of ether oxygens (including phenoxy) is 3. The third-order valence-electron chi connectivity index (χ3n) is 6.44. The molecule has 2 atom stereocenters. The third kappa shape index (κ3) is 4.26. The lowest BCUT2D eigenvalue weighted by atomic mass is 9.83. The molecule has 0 fully saturated rings. The second-order valence-electron chi connectivity index (χ2n) is 8.69. The van der Waals surface area contributed by atoms with E-state index in [1.165, 1.54) is 16.9 Å². The molecule has 0 N–H and O–H groups in total. The van der Waals surface area contributed by atoms with E-state index in [0.29, 0.717) is 19.1 Å². The van der Waals surface area contributed by atoms with Crippen LogP contribution in [0.5, 0.6) is 5.75 Å². The molecule has 0 spiro atoms.